The van der Waals surface area contributed by atoms with Crippen LogP contribution in [-0.2, 0) is 0 Å². The van der Waals surface area contributed by atoms with Gasteiger partial charge in [0.15, 0.2) is 5.13 Å². The molecule has 116 valence electrons. The summed E-state index contributed by atoms with van der Waals surface area (Å²) in [7, 11) is 5.66. The third kappa shape index (κ3) is 4.02. The third-order valence-corrected chi connectivity index (χ3v) is 3.87. The lowest BCUT2D eigenvalue weighted by atomic mass is 10.3. The normalized spacial score (nSPS) is 9.95. The Morgan fingerprint density at radius 3 is 2.32 bits per heavy atom. The summed E-state index contributed by atoms with van der Waals surface area (Å²) >= 11 is 1.47. The van der Waals surface area contributed by atoms with Gasteiger partial charge in [-0.05, 0) is 42.5 Å². The zero-order valence-electron chi connectivity index (χ0n) is 12.9. The van der Waals surface area contributed by atoms with Crippen molar-refractivity contribution >= 4 is 38.1 Å². The van der Waals surface area contributed by atoms with Gasteiger partial charge in [-0.15, -0.1) is 0 Å². The van der Waals surface area contributed by atoms with E-state index in [0.717, 1.165) is 21.7 Å². The molecule has 0 fully saturated rings. The molecule has 0 unspecified atom stereocenters. The van der Waals surface area contributed by atoms with Crippen LogP contribution in [0, 0.1) is 0 Å². The van der Waals surface area contributed by atoms with Crippen LogP contribution in [-0.4, -0.2) is 26.2 Å². The molecule has 1 aromatic heterocycles. The van der Waals surface area contributed by atoms with Gasteiger partial charge in [-0.3, -0.25) is 0 Å². The second-order valence-electron chi connectivity index (χ2n) is 4.87. The lowest BCUT2D eigenvalue weighted by molar-refractivity contribution is 0.415. The number of rotatable bonds is 2. The van der Waals surface area contributed by atoms with Crippen molar-refractivity contribution in [3.8, 4) is 5.75 Å². The Bertz CT molecular complexity index is 737. The Morgan fingerprint density at radius 1 is 1.05 bits per heavy atom. The van der Waals surface area contributed by atoms with Crippen LogP contribution in [0.3, 0.4) is 0 Å². The number of nitrogens with zero attached hydrogens (tertiary/aromatic N) is 2. The molecule has 0 aliphatic carbocycles. The molecule has 6 heteroatoms. The minimum Gasteiger partial charge on any atom is -0.497 e. The SMILES string of the molecule is CN(C)c1ccc(N)cc1.COc1ccc2nc(N)sc2c1. The molecule has 0 amide bonds. The van der Waals surface area contributed by atoms with Crippen molar-refractivity contribution in [1.29, 1.82) is 0 Å². The fourth-order valence-electron chi connectivity index (χ4n) is 1.82. The molecule has 0 atom stereocenters. The Hall–Kier alpha value is -2.47. The predicted octanol–water partition coefficient (Wildman–Crippen LogP) is 3.22. The Morgan fingerprint density at radius 2 is 1.73 bits per heavy atom. The lowest BCUT2D eigenvalue weighted by Crippen LogP contribution is -2.08. The highest BCUT2D eigenvalue weighted by atomic mass is 32.1. The van der Waals surface area contributed by atoms with Gasteiger partial charge in [0.25, 0.3) is 0 Å². The Labute approximate surface area is 134 Å². The topological polar surface area (TPSA) is 77.4 Å². The van der Waals surface area contributed by atoms with Gasteiger partial charge >= 0.3 is 0 Å². The third-order valence-electron chi connectivity index (χ3n) is 3.02. The van der Waals surface area contributed by atoms with Crippen molar-refractivity contribution in [2.75, 3.05) is 37.6 Å². The lowest BCUT2D eigenvalue weighted by Gasteiger charge is -2.11. The van der Waals surface area contributed by atoms with Gasteiger partial charge in [0.2, 0.25) is 0 Å². The number of hydrogen-bond acceptors (Lipinski definition) is 6. The van der Waals surface area contributed by atoms with Crippen LogP contribution in [0.1, 0.15) is 0 Å². The fraction of sp³-hybridized carbons (Fsp3) is 0.188. The molecule has 0 aliphatic rings. The van der Waals surface area contributed by atoms with E-state index >= 15 is 0 Å². The van der Waals surface area contributed by atoms with E-state index in [2.05, 4.69) is 4.98 Å². The molecule has 0 spiro atoms. The highest BCUT2D eigenvalue weighted by Crippen LogP contribution is 2.27. The van der Waals surface area contributed by atoms with Crippen LogP contribution in [0.25, 0.3) is 10.2 Å². The second kappa shape index (κ2) is 7.00. The number of benzene rings is 2. The molecule has 0 bridgehead atoms. The van der Waals surface area contributed by atoms with Crippen molar-refractivity contribution in [2.45, 2.75) is 0 Å². The maximum Gasteiger partial charge on any atom is 0.181 e. The molecule has 0 saturated heterocycles. The van der Waals surface area contributed by atoms with E-state index in [9.17, 15) is 0 Å². The van der Waals surface area contributed by atoms with E-state index in [4.69, 9.17) is 16.2 Å². The van der Waals surface area contributed by atoms with Gasteiger partial charge in [0, 0.05) is 25.5 Å². The zero-order valence-corrected chi connectivity index (χ0v) is 13.7. The molecule has 0 aliphatic heterocycles. The van der Waals surface area contributed by atoms with E-state index in [1.807, 2.05) is 61.5 Å². The summed E-state index contributed by atoms with van der Waals surface area (Å²) in [5.41, 5.74) is 14.0. The van der Waals surface area contributed by atoms with E-state index in [-0.39, 0.29) is 0 Å². The molecule has 22 heavy (non-hydrogen) atoms. The molecule has 1 heterocycles. The first-order chi connectivity index (χ1) is 10.5. The summed E-state index contributed by atoms with van der Waals surface area (Å²) < 4.78 is 6.13. The number of ether oxygens (including phenoxy) is 1. The smallest absolute Gasteiger partial charge is 0.181 e. The average molecular weight is 316 g/mol. The number of nitrogen functional groups attached to an aromatic ring is 2. The number of thiazole rings is 1. The van der Waals surface area contributed by atoms with Crippen molar-refractivity contribution < 1.29 is 4.74 Å². The van der Waals surface area contributed by atoms with Gasteiger partial charge in [0.05, 0.1) is 17.3 Å². The van der Waals surface area contributed by atoms with Crippen LogP contribution in [0.5, 0.6) is 5.75 Å². The van der Waals surface area contributed by atoms with Crippen LogP contribution in [0.15, 0.2) is 42.5 Å². The maximum atomic E-state index is 5.55. The van der Waals surface area contributed by atoms with Crippen LogP contribution >= 0.6 is 11.3 Å². The molecule has 3 aromatic rings. The summed E-state index contributed by atoms with van der Waals surface area (Å²) in [6.07, 6.45) is 0. The number of aromatic nitrogens is 1. The number of hydrogen-bond donors (Lipinski definition) is 2. The summed E-state index contributed by atoms with van der Waals surface area (Å²) in [4.78, 5) is 6.17. The van der Waals surface area contributed by atoms with Gasteiger partial charge in [-0.2, -0.15) is 0 Å². The zero-order chi connectivity index (χ0) is 16.1. The fourth-order valence-corrected chi connectivity index (χ4v) is 2.58. The molecule has 2 aromatic carbocycles. The quantitative estimate of drug-likeness (QED) is 0.710. The molecule has 5 nitrogen and oxygen atoms in total. The second-order valence-corrected chi connectivity index (χ2v) is 5.93. The summed E-state index contributed by atoms with van der Waals surface area (Å²) in [5.74, 6) is 0.839. The van der Waals surface area contributed by atoms with E-state index < -0.39 is 0 Å². The number of anilines is 3. The minimum absolute atomic E-state index is 0.596. The molecule has 0 saturated carbocycles. The summed E-state index contributed by atoms with van der Waals surface area (Å²) in [6, 6.07) is 13.5. The number of nitrogens with two attached hydrogens (primary N) is 2. The predicted molar refractivity (Wildman–Crippen MR) is 95.8 cm³/mol. The largest absolute Gasteiger partial charge is 0.497 e. The van der Waals surface area contributed by atoms with Crippen molar-refractivity contribution in [1.82, 2.24) is 4.98 Å². The van der Waals surface area contributed by atoms with Gasteiger partial charge in [-0.25, -0.2) is 4.98 Å². The van der Waals surface area contributed by atoms with Crippen LogP contribution in [0.2, 0.25) is 0 Å². The van der Waals surface area contributed by atoms with Crippen LogP contribution in [0.4, 0.5) is 16.5 Å². The van der Waals surface area contributed by atoms with E-state index in [0.29, 0.717) is 5.13 Å². The number of fused-ring (bicyclic) bond motifs is 1. The first-order valence-electron chi connectivity index (χ1n) is 6.72. The van der Waals surface area contributed by atoms with Crippen molar-refractivity contribution in [3.63, 3.8) is 0 Å². The minimum atomic E-state index is 0.596. The van der Waals surface area contributed by atoms with Crippen molar-refractivity contribution in [3.05, 3.63) is 42.5 Å². The Kier molecular flexibility index (Phi) is 5.06. The summed E-state index contributed by atoms with van der Waals surface area (Å²) in [6.45, 7) is 0. The van der Waals surface area contributed by atoms with Crippen LogP contribution < -0.4 is 21.1 Å². The standard InChI is InChI=1S/C8H8N2OS.C8H12N2/c1-11-5-2-3-6-7(4-5)12-8(9)10-6;1-10(2)8-5-3-7(9)4-6-8/h2-4H,1H3,(H2,9,10);3-6H,9H2,1-2H3. The van der Waals surface area contributed by atoms with Crippen molar-refractivity contribution in [2.24, 2.45) is 0 Å². The summed E-state index contributed by atoms with van der Waals surface area (Å²) in [5, 5.41) is 0.596. The molecular weight excluding hydrogens is 296 g/mol. The van der Waals surface area contributed by atoms with Gasteiger partial charge < -0.3 is 21.1 Å². The van der Waals surface area contributed by atoms with E-state index in [1.165, 1.54) is 17.0 Å². The average Bonchev–Trinajstić information content (AvgIpc) is 2.87. The monoisotopic (exact) mass is 316 g/mol. The van der Waals surface area contributed by atoms with E-state index in [1.54, 1.807) is 7.11 Å². The molecule has 3 rings (SSSR count). The highest BCUT2D eigenvalue weighted by molar-refractivity contribution is 7.22. The molecule has 4 N–H and O–H groups in total. The molecule has 0 radical (unpaired) electrons. The first kappa shape index (κ1) is 15.9. The highest BCUT2D eigenvalue weighted by Gasteiger charge is 2.01. The molecular formula is C16H20N4OS. The maximum absolute atomic E-state index is 5.55. The van der Waals surface area contributed by atoms with Gasteiger partial charge in [0.1, 0.15) is 5.75 Å². The first-order valence-corrected chi connectivity index (χ1v) is 7.54. The number of methoxy groups -OCH3 is 1. The Balaban J connectivity index is 0.000000164. The van der Waals surface area contributed by atoms with Gasteiger partial charge in [-0.1, -0.05) is 11.3 Å².